The summed E-state index contributed by atoms with van der Waals surface area (Å²) >= 11 is 0. The third-order valence-electron chi connectivity index (χ3n) is 2.71. The standard InChI is InChI=1S/C15H18N2O3/c1-15(2,3)13-6-5-10(8-17-13)14(19)11(7-16)12(18)9-20-4/h5-6,8,19H,9H2,1-4H3/b14-11+. The molecule has 1 N–H and O–H groups in total. The summed E-state index contributed by atoms with van der Waals surface area (Å²) in [4.78, 5) is 15.9. The van der Waals surface area contributed by atoms with Crippen LogP contribution in [0.3, 0.4) is 0 Å². The topological polar surface area (TPSA) is 83.2 Å². The average Bonchev–Trinajstić information content (AvgIpc) is 2.39. The number of carbonyl (C=O) groups excluding carboxylic acids is 1. The van der Waals surface area contributed by atoms with Crippen LogP contribution in [0.15, 0.2) is 23.9 Å². The lowest BCUT2D eigenvalue weighted by Gasteiger charge is -2.17. The number of nitriles is 1. The predicted molar refractivity (Wildman–Crippen MR) is 75.0 cm³/mol. The number of pyridine rings is 1. The molecule has 0 spiro atoms. The minimum absolute atomic E-state index is 0.109. The van der Waals surface area contributed by atoms with Crippen molar-refractivity contribution in [2.75, 3.05) is 13.7 Å². The smallest absolute Gasteiger partial charge is 0.202 e. The number of ketones is 1. The van der Waals surface area contributed by atoms with Gasteiger partial charge in [-0.25, -0.2) is 0 Å². The lowest BCUT2D eigenvalue weighted by atomic mass is 9.91. The summed E-state index contributed by atoms with van der Waals surface area (Å²) in [6.07, 6.45) is 1.45. The van der Waals surface area contributed by atoms with Crippen molar-refractivity contribution in [3.63, 3.8) is 0 Å². The molecule has 0 unspecified atom stereocenters. The third-order valence-corrected chi connectivity index (χ3v) is 2.71. The van der Waals surface area contributed by atoms with Crippen LogP contribution in [0, 0.1) is 11.3 Å². The maximum atomic E-state index is 11.6. The summed E-state index contributed by atoms with van der Waals surface area (Å²) in [7, 11) is 1.35. The maximum absolute atomic E-state index is 11.6. The van der Waals surface area contributed by atoms with Crippen LogP contribution in [0.2, 0.25) is 0 Å². The molecule has 5 heteroatoms. The van der Waals surface area contributed by atoms with Crippen LogP contribution in [0.25, 0.3) is 5.76 Å². The molecule has 0 atom stereocenters. The molecule has 0 saturated heterocycles. The molecule has 1 aromatic rings. The van der Waals surface area contributed by atoms with Gasteiger partial charge in [-0.3, -0.25) is 9.78 Å². The molecule has 0 radical (unpaired) electrons. The van der Waals surface area contributed by atoms with Gasteiger partial charge in [-0.2, -0.15) is 5.26 Å². The number of aromatic nitrogens is 1. The zero-order chi connectivity index (χ0) is 15.3. The summed E-state index contributed by atoms with van der Waals surface area (Å²) in [5.74, 6) is -0.935. The normalized spacial score (nSPS) is 12.6. The molecule has 0 aliphatic carbocycles. The van der Waals surface area contributed by atoms with E-state index in [1.54, 1.807) is 18.2 Å². The summed E-state index contributed by atoms with van der Waals surface area (Å²) in [6, 6.07) is 5.11. The van der Waals surface area contributed by atoms with E-state index < -0.39 is 5.78 Å². The van der Waals surface area contributed by atoms with Gasteiger partial charge in [0.2, 0.25) is 5.78 Å². The monoisotopic (exact) mass is 274 g/mol. The average molecular weight is 274 g/mol. The zero-order valence-electron chi connectivity index (χ0n) is 12.1. The van der Waals surface area contributed by atoms with Crippen molar-refractivity contribution in [3.05, 3.63) is 35.2 Å². The Morgan fingerprint density at radius 2 is 2.10 bits per heavy atom. The number of aliphatic hydroxyl groups is 1. The quantitative estimate of drug-likeness (QED) is 0.518. The number of ether oxygens (including phenoxy) is 1. The van der Waals surface area contributed by atoms with Crippen LogP contribution in [-0.4, -0.2) is 29.6 Å². The lowest BCUT2D eigenvalue weighted by Crippen LogP contribution is -2.14. The molecule has 0 bridgehead atoms. The van der Waals surface area contributed by atoms with E-state index in [1.807, 2.05) is 20.8 Å². The molecule has 1 rings (SSSR count). The molecule has 0 amide bonds. The first kappa shape index (κ1) is 15.9. The van der Waals surface area contributed by atoms with Crippen molar-refractivity contribution in [2.24, 2.45) is 0 Å². The highest BCUT2D eigenvalue weighted by molar-refractivity contribution is 6.05. The van der Waals surface area contributed by atoms with Crippen molar-refractivity contribution < 1.29 is 14.6 Å². The molecule has 1 aromatic heterocycles. The highest BCUT2D eigenvalue weighted by Crippen LogP contribution is 2.22. The van der Waals surface area contributed by atoms with Crippen LogP contribution in [0.4, 0.5) is 0 Å². The molecule has 20 heavy (non-hydrogen) atoms. The summed E-state index contributed by atoms with van der Waals surface area (Å²) in [6.45, 7) is 5.81. The van der Waals surface area contributed by atoms with Crippen LogP contribution in [0.1, 0.15) is 32.0 Å². The minimum atomic E-state index is -0.563. The maximum Gasteiger partial charge on any atom is 0.202 e. The fourth-order valence-corrected chi connectivity index (χ4v) is 1.57. The molecular weight excluding hydrogens is 256 g/mol. The number of hydrogen-bond acceptors (Lipinski definition) is 5. The fourth-order valence-electron chi connectivity index (χ4n) is 1.57. The predicted octanol–water partition coefficient (Wildman–Crippen LogP) is 2.39. The first-order valence-corrected chi connectivity index (χ1v) is 6.13. The second-order valence-electron chi connectivity index (χ2n) is 5.37. The largest absolute Gasteiger partial charge is 0.506 e. The fraction of sp³-hybridized carbons (Fsp3) is 0.400. The summed E-state index contributed by atoms with van der Waals surface area (Å²) < 4.78 is 4.67. The Kier molecular flexibility index (Phi) is 5.00. The van der Waals surface area contributed by atoms with Crippen molar-refractivity contribution in [3.8, 4) is 6.07 Å². The van der Waals surface area contributed by atoms with E-state index in [1.165, 1.54) is 13.3 Å². The highest BCUT2D eigenvalue weighted by Gasteiger charge is 2.18. The van der Waals surface area contributed by atoms with Crippen molar-refractivity contribution in [1.29, 1.82) is 5.26 Å². The summed E-state index contributed by atoms with van der Waals surface area (Å²) in [5, 5.41) is 19.0. The van der Waals surface area contributed by atoms with E-state index >= 15 is 0 Å². The number of Topliss-reactive ketones (excluding diaryl/α,β-unsaturated/α-hetero) is 1. The van der Waals surface area contributed by atoms with Crippen LogP contribution < -0.4 is 0 Å². The van der Waals surface area contributed by atoms with E-state index in [9.17, 15) is 9.90 Å². The second-order valence-corrected chi connectivity index (χ2v) is 5.37. The van der Waals surface area contributed by atoms with Gasteiger partial charge in [0.15, 0.2) is 0 Å². The molecule has 0 saturated carbocycles. The first-order valence-electron chi connectivity index (χ1n) is 6.13. The third kappa shape index (κ3) is 3.65. The van der Waals surface area contributed by atoms with Gasteiger partial charge in [-0.15, -0.1) is 0 Å². The van der Waals surface area contributed by atoms with Gasteiger partial charge in [0, 0.05) is 30.0 Å². The number of methoxy groups -OCH3 is 1. The number of nitrogens with zero attached hydrogens (tertiary/aromatic N) is 2. The second kappa shape index (κ2) is 6.31. The highest BCUT2D eigenvalue weighted by atomic mass is 16.5. The number of rotatable bonds is 4. The van der Waals surface area contributed by atoms with E-state index in [-0.39, 0.29) is 23.4 Å². The Hall–Kier alpha value is -2.19. The summed E-state index contributed by atoms with van der Waals surface area (Å²) in [5.41, 5.74) is 0.758. The van der Waals surface area contributed by atoms with Gasteiger partial charge in [-0.1, -0.05) is 20.8 Å². The van der Waals surface area contributed by atoms with Gasteiger partial charge in [-0.05, 0) is 12.1 Å². The SMILES string of the molecule is COCC(=O)/C(C#N)=C(/O)c1ccc(C(C)(C)C)nc1. The molecule has 1 heterocycles. The number of carbonyl (C=O) groups is 1. The van der Waals surface area contributed by atoms with Gasteiger partial charge < -0.3 is 9.84 Å². The van der Waals surface area contributed by atoms with Gasteiger partial charge in [0.1, 0.15) is 24.0 Å². The van der Waals surface area contributed by atoms with Crippen LogP contribution in [-0.2, 0) is 14.9 Å². The molecule has 5 nitrogen and oxygen atoms in total. The number of aliphatic hydroxyl groups excluding tert-OH is 1. The minimum Gasteiger partial charge on any atom is -0.506 e. The molecule has 0 aromatic carbocycles. The molecule has 0 aliphatic heterocycles. The van der Waals surface area contributed by atoms with Crippen LogP contribution >= 0.6 is 0 Å². The van der Waals surface area contributed by atoms with Crippen molar-refractivity contribution in [1.82, 2.24) is 4.98 Å². The van der Waals surface area contributed by atoms with Gasteiger partial charge in [0.25, 0.3) is 0 Å². The van der Waals surface area contributed by atoms with Crippen molar-refractivity contribution in [2.45, 2.75) is 26.2 Å². The van der Waals surface area contributed by atoms with E-state index in [2.05, 4.69) is 9.72 Å². The Bertz CT molecular complexity index is 560. The van der Waals surface area contributed by atoms with E-state index in [0.29, 0.717) is 5.56 Å². The number of hydrogen-bond donors (Lipinski definition) is 1. The Balaban J connectivity index is 3.16. The first-order chi connectivity index (χ1) is 9.31. The molecule has 0 aliphatic rings. The Morgan fingerprint density at radius 3 is 2.50 bits per heavy atom. The van der Waals surface area contributed by atoms with Crippen LogP contribution in [0.5, 0.6) is 0 Å². The van der Waals surface area contributed by atoms with Gasteiger partial charge in [0.05, 0.1) is 0 Å². The van der Waals surface area contributed by atoms with Gasteiger partial charge >= 0.3 is 0 Å². The molecular formula is C15H18N2O3. The van der Waals surface area contributed by atoms with E-state index in [0.717, 1.165) is 5.69 Å². The molecule has 106 valence electrons. The van der Waals surface area contributed by atoms with Crippen molar-refractivity contribution >= 4 is 11.5 Å². The zero-order valence-corrected chi connectivity index (χ0v) is 12.1. The Labute approximate surface area is 118 Å². The molecule has 0 fully saturated rings. The lowest BCUT2D eigenvalue weighted by molar-refractivity contribution is -0.118. The Morgan fingerprint density at radius 1 is 1.45 bits per heavy atom. The van der Waals surface area contributed by atoms with E-state index in [4.69, 9.17) is 5.26 Å².